The number of nitrogens with zero attached hydrogens (tertiary/aromatic N) is 4. The number of hydrogen-bond acceptors (Lipinski definition) is 5. The first-order valence-corrected chi connectivity index (χ1v) is 7.71. The minimum absolute atomic E-state index is 0.0598. The zero-order valence-corrected chi connectivity index (χ0v) is 13.5. The van der Waals surface area contributed by atoms with Crippen molar-refractivity contribution in [1.29, 1.82) is 0 Å². The van der Waals surface area contributed by atoms with Crippen molar-refractivity contribution < 1.29 is 9.53 Å². The van der Waals surface area contributed by atoms with E-state index in [1.165, 1.54) is 7.11 Å². The number of methoxy groups -OCH3 is 1. The van der Waals surface area contributed by atoms with Crippen molar-refractivity contribution in [3.05, 3.63) is 47.4 Å². The third-order valence-electron chi connectivity index (χ3n) is 3.85. The van der Waals surface area contributed by atoms with Crippen molar-refractivity contribution in [1.82, 2.24) is 14.9 Å². The monoisotopic (exact) mass is 332 g/mol. The van der Waals surface area contributed by atoms with Crippen LogP contribution in [-0.2, 0) is 0 Å². The number of anilines is 1. The largest absolute Gasteiger partial charge is 0.480 e. The first kappa shape index (κ1) is 15.6. The highest BCUT2D eigenvalue weighted by atomic mass is 35.5. The van der Waals surface area contributed by atoms with Crippen molar-refractivity contribution in [3.63, 3.8) is 0 Å². The maximum Gasteiger partial charge on any atom is 0.259 e. The Morgan fingerprint density at radius 3 is 2.70 bits per heavy atom. The first-order valence-electron chi connectivity index (χ1n) is 7.33. The SMILES string of the molecule is COc1ncccc1C(=O)N1CCN(c2ccncc2Cl)CC1. The molecule has 1 aliphatic heterocycles. The molecule has 23 heavy (non-hydrogen) atoms. The van der Waals surface area contributed by atoms with Gasteiger partial charge in [0.25, 0.3) is 5.91 Å². The van der Waals surface area contributed by atoms with Crippen LogP contribution in [0.15, 0.2) is 36.8 Å². The van der Waals surface area contributed by atoms with Crippen LogP contribution in [0, 0.1) is 0 Å². The zero-order valence-electron chi connectivity index (χ0n) is 12.8. The molecule has 120 valence electrons. The van der Waals surface area contributed by atoms with Crippen LogP contribution < -0.4 is 9.64 Å². The molecular formula is C16H17ClN4O2. The number of ether oxygens (including phenoxy) is 1. The molecular weight excluding hydrogens is 316 g/mol. The Hall–Kier alpha value is -2.34. The number of pyridine rings is 2. The Morgan fingerprint density at radius 1 is 1.22 bits per heavy atom. The summed E-state index contributed by atoms with van der Waals surface area (Å²) in [5, 5.41) is 0.626. The number of carbonyl (C=O) groups excluding carboxylic acids is 1. The average Bonchev–Trinajstić information content (AvgIpc) is 2.61. The van der Waals surface area contributed by atoms with E-state index in [1.54, 1.807) is 30.7 Å². The molecule has 0 unspecified atom stereocenters. The summed E-state index contributed by atoms with van der Waals surface area (Å²) in [6, 6.07) is 5.37. The van der Waals surface area contributed by atoms with Crippen LogP contribution in [0.2, 0.25) is 5.02 Å². The first-order chi connectivity index (χ1) is 11.2. The molecule has 2 aromatic rings. The Kier molecular flexibility index (Phi) is 4.62. The second kappa shape index (κ2) is 6.83. The molecule has 7 heteroatoms. The lowest BCUT2D eigenvalue weighted by molar-refractivity contribution is 0.0742. The molecule has 0 spiro atoms. The molecule has 0 bridgehead atoms. The maximum absolute atomic E-state index is 12.6. The molecule has 0 aromatic carbocycles. The van der Waals surface area contributed by atoms with Crippen LogP contribution in [0.5, 0.6) is 5.88 Å². The fourth-order valence-electron chi connectivity index (χ4n) is 2.66. The second-order valence-corrected chi connectivity index (χ2v) is 5.57. The van der Waals surface area contributed by atoms with Crippen LogP contribution in [0.25, 0.3) is 0 Å². The lowest BCUT2D eigenvalue weighted by Crippen LogP contribution is -2.49. The van der Waals surface area contributed by atoms with Gasteiger partial charge in [0.05, 0.1) is 17.8 Å². The molecule has 1 fully saturated rings. The van der Waals surface area contributed by atoms with Crippen molar-refractivity contribution in [2.45, 2.75) is 0 Å². The number of rotatable bonds is 3. The van der Waals surface area contributed by atoms with E-state index in [0.29, 0.717) is 29.6 Å². The number of hydrogen-bond donors (Lipinski definition) is 0. The quantitative estimate of drug-likeness (QED) is 0.861. The van der Waals surface area contributed by atoms with Gasteiger partial charge >= 0.3 is 0 Å². The minimum Gasteiger partial charge on any atom is -0.480 e. The third-order valence-corrected chi connectivity index (χ3v) is 4.14. The van der Waals surface area contributed by atoms with E-state index in [1.807, 2.05) is 11.0 Å². The lowest BCUT2D eigenvalue weighted by Gasteiger charge is -2.36. The van der Waals surface area contributed by atoms with Crippen molar-refractivity contribution in [2.24, 2.45) is 0 Å². The molecule has 6 nitrogen and oxygen atoms in total. The van der Waals surface area contributed by atoms with Gasteiger partial charge in [-0.25, -0.2) is 4.98 Å². The molecule has 3 rings (SSSR count). The third kappa shape index (κ3) is 3.22. The van der Waals surface area contributed by atoms with E-state index in [4.69, 9.17) is 16.3 Å². The smallest absolute Gasteiger partial charge is 0.259 e. The van der Waals surface area contributed by atoms with Crippen molar-refractivity contribution in [2.75, 3.05) is 38.2 Å². The Balaban J connectivity index is 1.69. The topological polar surface area (TPSA) is 58.6 Å². The normalized spacial score (nSPS) is 14.7. The number of halogens is 1. The predicted octanol–water partition coefficient (Wildman–Crippen LogP) is 2.10. The van der Waals surface area contributed by atoms with Crippen LogP contribution in [0.3, 0.4) is 0 Å². The van der Waals surface area contributed by atoms with E-state index in [2.05, 4.69) is 14.9 Å². The van der Waals surface area contributed by atoms with Crippen molar-refractivity contribution >= 4 is 23.2 Å². The molecule has 3 heterocycles. The van der Waals surface area contributed by atoms with E-state index in [-0.39, 0.29) is 5.91 Å². The van der Waals surface area contributed by atoms with E-state index in [9.17, 15) is 4.79 Å². The van der Waals surface area contributed by atoms with Crippen LogP contribution in [0.1, 0.15) is 10.4 Å². The summed E-state index contributed by atoms with van der Waals surface area (Å²) in [6.07, 6.45) is 4.97. The van der Waals surface area contributed by atoms with Crippen LogP contribution >= 0.6 is 11.6 Å². The number of aromatic nitrogens is 2. The van der Waals surface area contributed by atoms with Crippen molar-refractivity contribution in [3.8, 4) is 5.88 Å². The highest BCUT2D eigenvalue weighted by molar-refractivity contribution is 6.33. The Morgan fingerprint density at radius 2 is 2.00 bits per heavy atom. The predicted molar refractivity (Wildman–Crippen MR) is 88.2 cm³/mol. The van der Waals surface area contributed by atoms with Gasteiger partial charge in [0.15, 0.2) is 0 Å². The fourth-order valence-corrected chi connectivity index (χ4v) is 2.90. The molecule has 1 amide bonds. The van der Waals surface area contributed by atoms with Gasteiger partial charge in [0, 0.05) is 44.8 Å². The van der Waals surface area contributed by atoms with Gasteiger partial charge in [0.2, 0.25) is 5.88 Å². The standard InChI is InChI=1S/C16H17ClN4O2/c1-23-15-12(3-2-5-19-15)16(22)21-9-7-20(8-10-21)14-4-6-18-11-13(14)17/h2-6,11H,7-10H2,1H3. The van der Waals surface area contributed by atoms with Gasteiger partial charge in [-0.3, -0.25) is 9.78 Å². The van der Waals surface area contributed by atoms with Crippen LogP contribution in [0.4, 0.5) is 5.69 Å². The molecule has 0 N–H and O–H groups in total. The Bertz CT molecular complexity index is 702. The fraction of sp³-hybridized carbons (Fsp3) is 0.312. The minimum atomic E-state index is -0.0598. The van der Waals surface area contributed by atoms with Crippen LogP contribution in [-0.4, -0.2) is 54.1 Å². The maximum atomic E-state index is 12.6. The lowest BCUT2D eigenvalue weighted by atomic mass is 10.2. The van der Waals surface area contributed by atoms with Gasteiger partial charge in [-0.2, -0.15) is 0 Å². The molecule has 0 aliphatic carbocycles. The zero-order chi connectivity index (χ0) is 16.2. The van der Waals surface area contributed by atoms with Gasteiger partial charge in [0.1, 0.15) is 5.56 Å². The molecule has 1 saturated heterocycles. The molecule has 0 saturated carbocycles. The highest BCUT2D eigenvalue weighted by Gasteiger charge is 2.25. The highest BCUT2D eigenvalue weighted by Crippen LogP contribution is 2.25. The summed E-state index contributed by atoms with van der Waals surface area (Å²) in [5.41, 5.74) is 1.44. The second-order valence-electron chi connectivity index (χ2n) is 5.17. The summed E-state index contributed by atoms with van der Waals surface area (Å²) in [7, 11) is 1.52. The number of amides is 1. The van der Waals surface area contributed by atoms with E-state index >= 15 is 0 Å². The molecule has 0 atom stereocenters. The summed E-state index contributed by atoms with van der Waals surface area (Å²) >= 11 is 6.18. The summed E-state index contributed by atoms with van der Waals surface area (Å²) in [5.74, 6) is 0.299. The average molecular weight is 333 g/mol. The number of piperazine rings is 1. The van der Waals surface area contributed by atoms with E-state index in [0.717, 1.165) is 18.8 Å². The molecule has 1 aliphatic rings. The summed E-state index contributed by atoms with van der Waals surface area (Å²) < 4.78 is 5.17. The molecule has 0 radical (unpaired) electrons. The van der Waals surface area contributed by atoms with Gasteiger partial charge in [-0.15, -0.1) is 0 Å². The summed E-state index contributed by atoms with van der Waals surface area (Å²) in [4.78, 5) is 24.7. The molecule has 2 aromatic heterocycles. The van der Waals surface area contributed by atoms with Gasteiger partial charge in [-0.1, -0.05) is 11.6 Å². The van der Waals surface area contributed by atoms with Gasteiger partial charge < -0.3 is 14.5 Å². The van der Waals surface area contributed by atoms with Gasteiger partial charge in [-0.05, 0) is 18.2 Å². The van der Waals surface area contributed by atoms with E-state index < -0.39 is 0 Å². The number of carbonyl (C=O) groups is 1. The Labute approximate surface area is 139 Å². The summed E-state index contributed by atoms with van der Waals surface area (Å²) in [6.45, 7) is 2.68.